The van der Waals surface area contributed by atoms with Gasteiger partial charge in [-0.25, -0.2) is 0 Å². The van der Waals surface area contributed by atoms with Crippen LogP contribution in [0.5, 0.6) is 5.75 Å². The largest absolute Gasteiger partial charge is 0.494 e. The molecule has 0 spiro atoms. The van der Waals surface area contributed by atoms with Gasteiger partial charge in [0.1, 0.15) is 5.75 Å². The fraction of sp³-hybridized carbons (Fsp3) is 0.348. The van der Waals surface area contributed by atoms with Gasteiger partial charge in [-0.1, -0.05) is 24.3 Å². The zero-order valence-corrected chi connectivity index (χ0v) is 18.1. The molecule has 4 nitrogen and oxygen atoms in total. The SMILES string of the molecule is CCOc1cccc(C(C)(S)CC(O)(Cn2ccc(=O)c3ccccc32)C(F)(F)F)c1. The summed E-state index contributed by atoms with van der Waals surface area (Å²) in [5, 5.41) is 11.2. The lowest BCUT2D eigenvalue weighted by molar-refractivity contribution is -0.269. The molecule has 166 valence electrons. The summed E-state index contributed by atoms with van der Waals surface area (Å²) in [5.74, 6) is 0.516. The Kier molecular flexibility index (Phi) is 6.43. The van der Waals surface area contributed by atoms with Crippen molar-refractivity contribution in [3.8, 4) is 5.75 Å². The van der Waals surface area contributed by atoms with Crippen LogP contribution in [0.15, 0.2) is 65.6 Å². The molecule has 1 heterocycles. The van der Waals surface area contributed by atoms with Gasteiger partial charge in [-0.3, -0.25) is 4.79 Å². The zero-order chi connectivity index (χ0) is 22.9. The average molecular weight is 452 g/mol. The van der Waals surface area contributed by atoms with Gasteiger partial charge in [0.2, 0.25) is 0 Å². The molecule has 2 unspecified atom stereocenters. The van der Waals surface area contributed by atoms with E-state index < -0.39 is 29.5 Å². The van der Waals surface area contributed by atoms with Gasteiger partial charge >= 0.3 is 6.18 Å². The van der Waals surface area contributed by atoms with Crippen LogP contribution >= 0.6 is 12.6 Å². The Hall–Kier alpha value is -2.45. The number of pyridine rings is 1. The van der Waals surface area contributed by atoms with Crippen LogP contribution in [0, 0.1) is 0 Å². The van der Waals surface area contributed by atoms with Crippen LogP contribution in [0.25, 0.3) is 10.9 Å². The fourth-order valence-electron chi connectivity index (χ4n) is 3.68. The molecule has 3 rings (SSSR count). The van der Waals surface area contributed by atoms with Crippen LogP contribution < -0.4 is 10.2 Å². The molecule has 1 N–H and O–H groups in total. The quantitative estimate of drug-likeness (QED) is 0.501. The Balaban J connectivity index is 2.01. The highest BCUT2D eigenvalue weighted by Crippen LogP contribution is 2.44. The molecule has 0 amide bonds. The molecule has 0 radical (unpaired) electrons. The van der Waals surface area contributed by atoms with Crippen molar-refractivity contribution in [2.75, 3.05) is 6.61 Å². The van der Waals surface area contributed by atoms with Gasteiger partial charge in [0, 0.05) is 28.8 Å². The maximum absolute atomic E-state index is 14.1. The number of aliphatic hydroxyl groups is 1. The third-order valence-corrected chi connectivity index (χ3v) is 5.66. The number of halogens is 3. The van der Waals surface area contributed by atoms with Crippen LogP contribution in [0.3, 0.4) is 0 Å². The van der Waals surface area contributed by atoms with E-state index in [0.29, 0.717) is 23.4 Å². The Morgan fingerprint density at radius 3 is 2.48 bits per heavy atom. The third kappa shape index (κ3) is 4.91. The van der Waals surface area contributed by atoms with E-state index in [1.807, 2.05) is 6.92 Å². The van der Waals surface area contributed by atoms with Crippen LogP contribution in [0.1, 0.15) is 25.8 Å². The Morgan fingerprint density at radius 1 is 1.10 bits per heavy atom. The fourth-order valence-corrected chi connectivity index (χ4v) is 4.09. The maximum Gasteiger partial charge on any atom is 0.419 e. The second kappa shape index (κ2) is 8.59. The lowest BCUT2D eigenvalue weighted by Crippen LogP contribution is -2.51. The van der Waals surface area contributed by atoms with Gasteiger partial charge in [-0.2, -0.15) is 25.8 Å². The van der Waals surface area contributed by atoms with Crippen LogP contribution in [0.4, 0.5) is 13.2 Å². The molecule has 2 aromatic carbocycles. The summed E-state index contributed by atoms with van der Waals surface area (Å²) in [6.07, 6.45) is -4.37. The van der Waals surface area contributed by atoms with Gasteiger partial charge in [0.15, 0.2) is 11.0 Å². The van der Waals surface area contributed by atoms with E-state index in [1.54, 1.807) is 48.5 Å². The smallest absolute Gasteiger partial charge is 0.419 e. The van der Waals surface area contributed by atoms with Gasteiger partial charge < -0.3 is 14.4 Å². The first-order valence-corrected chi connectivity index (χ1v) is 10.2. The first-order chi connectivity index (χ1) is 14.5. The van der Waals surface area contributed by atoms with Crippen molar-refractivity contribution >= 4 is 23.5 Å². The van der Waals surface area contributed by atoms with Crippen LogP contribution in [0.2, 0.25) is 0 Å². The van der Waals surface area contributed by atoms with E-state index in [1.165, 1.54) is 23.8 Å². The summed E-state index contributed by atoms with van der Waals surface area (Å²) < 4.78 is 47.8. The van der Waals surface area contributed by atoms with E-state index in [0.717, 1.165) is 0 Å². The van der Waals surface area contributed by atoms with Gasteiger partial charge in [0.05, 0.1) is 18.7 Å². The molecule has 1 aromatic heterocycles. The highest BCUT2D eigenvalue weighted by Gasteiger charge is 2.56. The number of alkyl halides is 3. The minimum absolute atomic E-state index is 0.285. The predicted octanol–water partition coefficient (Wildman–Crippen LogP) is 4.93. The van der Waals surface area contributed by atoms with Crippen LogP contribution in [-0.4, -0.2) is 28.1 Å². The number of para-hydroxylation sites is 1. The summed E-state index contributed by atoms with van der Waals surface area (Å²) in [4.78, 5) is 12.1. The van der Waals surface area contributed by atoms with E-state index in [-0.39, 0.29) is 10.8 Å². The summed E-state index contributed by atoms with van der Waals surface area (Å²) in [6, 6.07) is 14.2. The van der Waals surface area contributed by atoms with Crippen molar-refractivity contribution in [1.29, 1.82) is 0 Å². The lowest BCUT2D eigenvalue weighted by Gasteiger charge is -2.38. The molecule has 0 aliphatic rings. The van der Waals surface area contributed by atoms with Crippen molar-refractivity contribution in [1.82, 2.24) is 4.57 Å². The topological polar surface area (TPSA) is 51.5 Å². The molecule has 0 aliphatic heterocycles. The maximum atomic E-state index is 14.1. The number of hydrogen-bond donors (Lipinski definition) is 2. The third-order valence-electron chi connectivity index (χ3n) is 5.25. The molecule has 8 heteroatoms. The monoisotopic (exact) mass is 451 g/mol. The number of ether oxygens (including phenoxy) is 1. The van der Waals surface area contributed by atoms with Crippen molar-refractivity contribution in [3.63, 3.8) is 0 Å². The first-order valence-electron chi connectivity index (χ1n) is 9.80. The number of rotatable bonds is 7. The standard InChI is InChI=1S/C23H24F3NO3S/c1-3-30-17-8-6-7-16(13-17)21(2,31)14-22(29,23(24,25)26)15-27-12-11-20(28)18-9-4-5-10-19(18)27/h4-13,29,31H,3,14-15H2,1-2H3. The highest BCUT2D eigenvalue weighted by molar-refractivity contribution is 7.81. The molecule has 31 heavy (non-hydrogen) atoms. The molecule has 0 fully saturated rings. The number of hydrogen-bond acceptors (Lipinski definition) is 4. The van der Waals surface area contributed by atoms with Crippen LogP contribution in [-0.2, 0) is 11.3 Å². The summed E-state index contributed by atoms with van der Waals surface area (Å²) in [5.41, 5.74) is -2.58. The summed E-state index contributed by atoms with van der Waals surface area (Å²) in [7, 11) is 0. The zero-order valence-electron chi connectivity index (χ0n) is 17.2. The number of aromatic nitrogens is 1. The minimum Gasteiger partial charge on any atom is -0.494 e. The molecule has 0 saturated carbocycles. The summed E-state index contributed by atoms with van der Waals surface area (Å²) in [6.45, 7) is 2.97. The Labute approximate surface area is 183 Å². The number of benzene rings is 2. The second-order valence-electron chi connectivity index (χ2n) is 7.77. The molecule has 2 atom stereocenters. The van der Waals surface area contributed by atoms with E-state index in [2.05, 4.69) is 12.6 Å². The van der Waals surface area contributed by atoms with Crippen molar-refractivity contribution in [3.05, 3.63) is 76.6 Å². The molecule has 3 aromatic rings. The molecule has 0 aliphatic carbocycles. The molecule has 0 saturated heterocycles. The highest BCUT2D eigenvalue weighted by atomic mass is 32.1. The van der Waals surface area contributed by atoms with Crippen molar-refractivity contribution in [2.24, 2.45) is 0 Å². The van der Waals surface area contributed by atoms with E-state index >= 15 is 0 Å². The van der Waals surface area contributed by atoms with Crippen molar-refractivity contribution in [2.45, 2.75) is 43.3 Å². The number of thiol groups is 1. The predicted molar refractivity (Wildman–Crippen MR) is 118 cm³/mol. The minimum atomic E-state index is -4.93. The number of fused-ring (bicyclic) bond motifs is 1. The lowest BCUT2D eigenvalue weighted by atomic mass is 9.85. The summed E-state index contributed by atoms with van der Waals surface area (Å²) >= 11 is 4.50. The molecular formula is C23H24F3NO3S. The van der Waals surface area contributed by atoms with E-state index in [9.17, 15) is 23.1 Å². The average Bonchev–Trinajstić information content (AvgIpc) is 2.70. The van der Waals surface area contributed by atoms with Gasteiger partial charge in [-0.05, 0) is 43.7 Å². The Bertz CT molecular complexity index is 1130. The molecule has 0 bridgehead atoms. The van der Waals surface area contributed by atoms with E-state index in [4.69, 9.17) is 4.74 Å². The first kappa shape index (κ1) is 23.2. The Morgan fingerprint density at radius 2 is 1.81 bits per heavy atom. The van der Waals surface area contributed by atoms with Gasteiger partial charge in [-0.15, -0.1) is 0 Å². The molecular weight excluding hydrogens is 427 g/mol. The normalized spacial score (nSPS) is 16.0. The van der Waals surface area contributed by atoms with Gasteiger partial charge in [0.25, 0.3) is 0 Å². The number of nitrogens with zero attached hydrogens (tertiary/aromatic N) is 1. The second-order valence-corrected chi connectivity index (χ2v) is 8.75. The van der Waals surface area contributed by atoms with Crippen molar-refractivity contribution < 1.29 is 23.0 Å².